The number of hydrogen-bond donors (Lipinski definition) is 0. The summed E-state index contributed by atoms with van der Waals surface area (Å²) in [5, 5.41) is 9.17. The fourth-order valence-corrected chi connectivity index (χ4v) is 3.49. The van der Waals surface area contributed by atoms with Crippen LogP contribution in [-0.4, -0.2) is 11.4 Å². The zero-order chi connectivity index (χ0) is 15.3. The summed E-state index contributed by atoms with van der Waals surface area (Å²) < 4.78 is 0. The van der Waals surface area contributed by atoms with Gasteiger partial charge in [0.05, 0.1) is 11.4 Å². The summed E-state index contributed by atoms with van der Waals surface area (Å²) in [5.41, 5.74) is 7.32. The zero-order valence-electron chi connectivity index (χ0n) is 13.2. The van der Waals surface area contributed by atoms with Gasteiger partial charge in [0, 0.05) is 11.8 Å². The predicted octanol–water partition coefficient (Wildman–Crippen LogP) is 4.39. The van der Waals surface area contributed by atoms with Crippen molar-refractivity contribution in [2.24, 2.45) is 28.0 Å². The first-order chi connectivity index (χ1) is 10.6. The second kappa shape index (κ2) is 4.91. The van der Waals surface area contributed by atoms with Crippen LogP contribution in [0.1, 0.15) is 29.2 Å². The van der Waals surface area contributed by atoms with Crippen molar-refractivity contribution in [2.75, 3.05) is 0 Å². The standard InChI is InChI=1S/C20H20N2/c1-12-4-8-15(9-5-12)19-17-14(3)18(17)20(22-21-19)16-10-6-13(2)7-11-16/h4-11,14,17-18H,1-3H3/t14?,17-,18+. The molecule has 1 aliphatic carbocycles. The second-order valence-electron chi connectivity index (χ2n) is 6.61. The van der Waals surface area contributed by atoms with Crippen molar-refractivity contribution in [1.29, 1.82) is 0 Å². The van der Waals surface area contributed by atoms with Crippen LogP contribution in [0.5, 0.6) is 0 Å². The van der Waals surface area contributed by atoms with E-state index in [0.717, 1.165) is 11.4 Å². The Kier molecular flexibility index (Phi) is 3.00. The van der Waals surface area contributed by atoms with Crippen LogP contribution in [0.3, 0.4) is 0 Å². The molecule has 1 heterocycles. The van der Waals surface area contributed by atoms with Crippen LogP contribution in [0.2, 0.25) is 0 Å². The zero-order valence-corrected chi connectivity index (χ0v) is 13.2. The number of benzene rings is 2. The van der Waals surface area contributed by atoms with Gasteiger partial charge in [0.15, 0.2) is 0 Å². The minimum absolute atomic E-state index is 0.525. The Bertz CT molecular complexity index is 699. The number of hydrogen-bond acceptors (Lipinski definition) is 2. The number of nitrogens with zero attached hydrogens (tertiary/aromatic N) is 2. The van der Waals surface area contributed by atoms with Crippen molar-refractivity contribution in [3.8, 4) is 0 Å². The highest BCUT2D eigenvalue weighted by molar-refractivity contribution is 6.15. The van der Waals surface area contributed by atoms with Crippen molar-refractivity contribution in [3.05, 3.63) is 70.8 Å². The summed E-state index contributed by atoms with van der Waals surface area (Å²) in [6, 6.07) is 17.3. The quantitative estimate of drug-likeness (QED) is 0.783. The normalized spacial score (nSPS) is 26.0. The van der Waals surface area contributed by atoms with E-state index in [0.29, 0.717) is 17.8 Å². The summed E-state index contributed by atoms with van der Waals surface area (Å²) in [7, 11) is 0. The molecule has 1 saturated carbocycles. The Morgan fingerprint density at radius 1 is 0.636 bits per heavy atom. The molecule has 0 bridgehead atoms. The lowest BCUT2D eigenvalue weighted by atomic mass is 9.98. The molecule has 2 aliphatic rings. The molecule has 0 spiro atoms. The Balaban J connectivity index is 1.72. The summed E-state index contributed by atoms with van der Waals surface area (Å²) in [6.45, 7) is 6.54. The van der Waals surface area contributed by atoms with Gasteiger partial charge in [0.1, 0.15) is 0 Å². The number of fused-ring (bicyclic) bond motifs is 1. The van der Waals surface area contributed by atoms with Crippen LogP contribution in [0, 0.1) is 31.6 Å². The molecule has 110 valence electrons. The molecule has 2 aromatic rings. The van der Waals surface area contributed by atoms with Gasteiger partial charge in [0.2, 0.25) is 0 Å². The van der Waals surface area contributed by atoms with Gasteiger partial charge in [-0.3, -0.25) is 0 Å². The van der Waals surface area contributed by atoms with E-state index >= 15 is 0 Å². The highest BCUT2D eigenvalue weighted by Crippen LogP contribution is 2.52. The molecular formula is C20H20N2. The average molecular weight is 288 g/mol. The molecule has 4 rings (SSSR count). The van der Waals surface area contributed by atoms with E-state index < -0.39 is 0 Å². The molecule has 22 heavy (non-hydrogen) atoms. The number of aryl methyl sites for hydroxylation is 2. The van der Waals surface area contributed by atoms with Crippen molar-refractivity contribution in [3.63, 3.8) is 0 Å². The van der Waals surface area contributed by atoms with Crippen LogP contribution in [0.25, 0.3) is 0 Å². The van der Waals surface area contributed by atoms with E-state index in [1.165, 1.54) is 22.3 Å². The van der Waals surface area contributed by atoms with Gasteiger partial charge in [-0.05, 0) is 30.9 Å². The molecule has 3 atom stereocenters. The third-order valence-corrected chi connectivity index (χ3v) is 4.97. The molecule has 1 fully saturated rings. The summed E-state index contributed by atoms with van der Waals surface area (Å²) >= 11 is 0. The van der Waals surface area contributed by atoms with E-state index in [1.807, 2.05) is 0 Å². The Hall–Kier alpha value is -2.22. The fourth-order valence-electron chi connectivity index (χ4n) is 3.49. The maximum Gasteiger partial charge on any atom is 0.0743 e. The van der Waals surface area contributed by atoms with Crippen molar-refractivity contribution in [2.45, 2.75) is 20.8 Å². The molecule has 1 unspecified atom stereocenters. The van der Waals surface area contributed by atoms with Crippen LogP contribution < -0.4 is 0 Å². The third-order valence-electron chi connectivity index (χ3n) is 4.97. The van der Waals surface area contributed by atoms with Crippen LogP contribution in [0.4, 0.5) is 0 Å². The maximum absolute atomic E-state index is 4.59. The Labute approximate surface area is 131 Å². The Morgan fingerprint density at radius 3 is 1.36 bits per heavy atom. The molecule has 2 nitrogen and oxygen atoms in total. The molecule has 0 amide bonds. The van der Waals surface area contributed by atoms with E-state index in [9.17, 15) is 0 Å². The first-order valence-corrected chi connectivity index (χ1v) is 7.94. The van der Waals surface area contributed by atoms with Gasteiger partial charge >= 0.3 is 0 Å². The monoisotopic (exact) mass is 288 g/mol. The largest absolute Gasteiger partial charge is 0.154 e. The van der Waals surface area contributed by atoms with Crippen molar-refractivity contribution < 1.29 is 0 Å². The summed E-state index contributed by atoms with van der Waals surface area (Å²) in [4.78, 5) is 0. The minimum atomic E-state index is 0.525. The van der Waals surface area contributed by atoms with E-state index in [1.54, 1.807) is 0 Å². The number of rotatable bonds is 2. The highest BCUT2D eigenvalue weighted by Gasteiger charge is 2.54. The maximum atomic E-state index is 4.59. The second-order valence-corrected chi connectivity index (χ2v) is 6.61. The Morgan fingerprint density at radius 2 is 1.00 bits per heavy atom. The lowest BCUT2D eigenvalue weighted by Gasteiger charge is -2.12. The SMILES string of the molecule is Cc1ccc(C2=NN=C(c3ccc(C)cc3)[C@H]3C(C)[C@@H]23)cc1. The molecule has 2 heteroatoms. The smallest absolute Gasteiger partial charge is 0.0743 e. The van der Waals surface area contributed by atoms with Gasteiger partial charge in [-0.2, -0.15) is 10.2 Å². The fraction of sp³-hybridized carbons (Fsp3) is 0.300. The van der Waals surface area contributed by atoms with Gasteiger partial charge < -0.3 is 0 Å². The topological polar surface area (TPSA) is 24.7 Å². The molecule has 2 aromatic carbocycles. The predicted molar refractivity (Wildman–Crippen MR) is 91.6 cm³/mol. The van der Waals surface area contributed by atoms with Crippen LogP contribution in [-0.2, 0) is 0 Å². The molecule has 0 saturated heterocycles. The van der Waals surface area contributed by atoms with Crippen molar-refractivity contribution in [1.82, 2.24) is 0 Å². The van der Waals surface area contributed by atoms with Crippen LogP contribution >= 0.6 is 0 Å². The molecule has 1 aliphatic heterocycles. The highest BCUT2D eigenvalue weighted by atomic mass is 15.2. The molecule has 0 N–H and O–H groups in total. The van der Waals surface area contributed by atoms with Gasteiger partial charge in [-0.15, -0.1) is 0 Å². The van der Waals surface area contributed by atoms with Crippen molar-refractivity contribution >= 4 is 11.4 Å². The lowest BCUT2D eigenvalue weighted by Crippen LogP contribution is -2.15. The van der Waals surface area contributed by atoms with Crippen LogP contribution in [0.15, 0.2) is 58.7 Å². The lowest BCUT2D eigenvalue weighted by molar-refractivity contribution is 0.909. The minimum Gasteiger partial charge on any atom is -0.154 e. The average Bonchev–Trinajstić information content (AvgIpc) is 3.20. The van der Waals surface area contributed by atoms with E-state index in [-0.39, 0.29) is 0 Å². The van der Waals surface area contributed by atoms with Gasteiger partial charge in [-0.1, -0.05) is 66.6 Å². The summed E-state index contributed by atoms with van der Waals surface area (Å²) in [6.07, 6.45) is 0. The van der Waals surface area contributed by atoms with Gasteiger partial charge in [0.25, 0.3) is 0 Å². The molecule has 0 radical (unpaired) electrons. The first-order valence-electron chi connectivity index (χ1n) is 7.94. The summed E-state index contributed by atoms with van der Waals surface area (Å²) in [5.74, 6) is 1.68. The van der Waals surface area contributed by atoms with E-state index in [2.05, 4.69) is 79.5 Å². The molecule has 0 aromatic heterocycles. The third kappa shape index (κ3) is 2.10. The first kappa shape index (κ1) is 13.4. The van der Waals surface area contributed by atoms with Gasteiger partial charge in [-0.25, -0.2) is 0 Å². The van der Waals surface area contributed by atoms with E-state index in [4.69, 9.17) is 0 Å². The molecular weight excluding hydrogens is 268 g/mol.